The Balaban J connectivity index is 3.43. The number of halogens is 2. The summed E-state index contributed by atoms with van der Waals surface area (Å²) in [5, 5.41) is 0. The van der Waals surface area contributed by atoms with Gasteiger partial charge < -0.3 is 0 Å². The molecule has 0 aromatic rings. The van der Waals surface area contributed by atoms with E-state index in [4.69, 9.17) is 23.2 Å². The zero-order valence-electron chi connectivity index (χ0n) is 7.50. The van der Waals surface area contributed by atoms with Gasteiger partial charge in [0.05, 0.1) is 0 Å². The average molecular weight is 197 g/mol. The highest BCUT2D eigenvalue weighted by Gasteiger charge is 2.21. The average Bonchev–Trinajstić information content (AvgIpc) is 1.97. The van der Waals surface area contributed by atoms with Crippen LogP contribution in [-0.4, -0.2) is 4.33 Å². The fourth-order valence-electron chi connectivity index (χ4n) is 0.996. The van der Waals surface area contributed by atoms with E-state index in [9.17, 15) is 0 Å². The summed E-state index contributed by atoms with van der Waals surface area (Å²) >= 11 is 12.1. The minimum atomic E-state index is -0.452. The number of rotatable bonds is 6. The standard InChI is InChI=1S/C9H18Cl2/c1-3-5-7-9(10,11)8-6-4-2/h3-8H2,1-2H3. The third-order valence-corrected chi connectivity index (χ3v) is 2.55. The smallest absolute Gasteiger partial charge is 0.102 e. The van der Waals surface area contributed by atoms with E-state index in [0.29, 0.717) is 0 Å². The van der Waals surface area contributed by atoms with Gasteiger partial charge in [0.1, 0.15) is 4.33 Å². The van der Waals surface area contributed by atoms with Gasteiger partial charge in [-0.3, -0.25) is 0 Å². The van der Waals surface area contributed by atoms with E-state index < -0.39 is 4.33 Å². The lowest BCUT2D eigenvalue weighted by atomic mass is 10.1. The molecule has 0 heterocycles. The molecule has 11 heavy (non-hydrogen) atoms. The molecule has 0 unspecified atom stereocenters. The maximum atomic E-state index is 6.06. The van der Waals surface area contributed by atoms with Crippen molar-refractivity contribution in [2.45, 2.75) is 56.7 Å². The van der Waals surface area contributed by atoms with E-state index in [2.05, 4.69) is 13.8 Å². The van der Waals surface area contributed by atoms with Crippen LogP contribution < -0.4 is 0 Å². The molecule has 0 fully saturated rings. The Hall–Kier alpha value is 0.580. The SMILES string of the molecule is CCCCC(Cl)(Cl)CCCC. The molecule has 0 saturated carbocycles. The van der Waals surface area contributed by atoms with Crippen LogP contribution in [0, 0.1) is 0 Å². The van der Waals surface area contributed by atoms with Crippen molar-refractivity contribution in [1.29, 1.82) is 0 Å². The Morgan fingerprint density at radius 1 is 0.909 bits per heavy atom. The summed E-state index contributed by atoms with van der Waals surface area (Å²) in [6.45, 7) is 4.31. The van der Waals surface area contributed by atoms with Crippen LogP contribution in [0.1, 0.15) is 52.4 Å². The molecule has 0 amide bonds. The minimum absolute atomic E-state index is 0.452. The van der Waals surface area contributed by atoms with Crippen molar-refractivity contribution in [3.8, 4) is 0 Å². The first-order valence-corrected chi connectivity index (χ1v) is 5.26. The number of hydrogen-bond donors (Lipinski definition) is 0. The summed E-state index contributed by atoms with van der Waals surface area (Å²) in [5.41, 5.74) is 0. The zero-order chi connectivity index (χ0) is 8.74. The second kappa shape index (κ2) is 6.14. The van der Waals surface area contributed by atoms with Gasteiger partial charge in [0.25, 0.3) is 0 Å². The summed E-state index contributed by atoms with van der Waals surface area (Å²) in [4.78, 5) is 0. The van der Waals surface area contributed by atoms with Gasteiger partial charge >= 0.3 is 0 Å². The monoisotopic (exact) mass is 196 g/mol. The largest absolute Gasteiger partial charge is 0.118 e. The second-order valence-corrected chi connectivity index (χ2v) is 4.70. The summed E-state index contributed by atoms with van der Waals surface area (Å²) in [6.07, 6.45) is 6.49. The van der Waals surface area contributed by atoms with Gasteiger partial charge in [0, 0.05) is 0 Å². The van der Waals surface area contributed by atoms with Gasteiger partial charge in [0.2, 0.25) is 0 Å². The predicted octanol–water partition coefficient (Wildman–Crippen LogP) is 4.54. The van der Waals surface area contributed by atoms with Crippen molar-refractivity contribution in [3.05, 3.63) is 0 Å². The van der Waals surface area contributed by atoms with Crippen molar-refractivity contribution < 1.29 is 0 Å². The van der Waals surface area contributed by atoms with Crippen molar-refractivity contribution in [3.63, 3.8) is 0 Å². The van der Waals surface area contributed by atoms with E-state index >= 15 is 0 Å². The third-order valence-electron chi connectivity index (χ3n) is 1.79. The van der Waals surface area contributed by atoms with Crippen molar-refractivity contribution >= 4 is 23.2 Å². The summed E-state index contributed by atoms with van der Waals surface area (Å²) in [5.74, 6) is 0. The van der Waals surface area contributed by atoms with E-state index in [0.717, 1.165) is 25.7 Å². The molecule has 0 N–H and O–H groups in total. The highest BCUT2D eigenvalue weighted by Crippen LogP contribution is 2.32. The van der Waals surface area contributed by atoms with Crippen LogP contribution in [-0.2, 0) is 0 Å². The molecule has 68 valence electrons. The van der Waals surface area contributed by atoms with Crippen molar-refractivity contribution in [2.24, 2.45) is 0 Å². The molecule has 0 saturated heterocycles. The molecule has 0 spiro atoms. The lowest BCUT2D eigenvalue weighted by Crippen LogP contribution is -2.11. The van der Waals surface area contributed by atoms with Gasteiger partial charge in [-0.2, -0.15) is 0 Å². The molecule has 0 nitrogen and oxygen atoms in total. The highest BCUT2D eigenvalue weighted by atomic mass is 35.5. The number of hydrogen-bond acceptors (Lipinski definition) is 0. The van der Waals surface area contributed by atoms with Crippen LogP contribution in [0.15, 0.2) is 0 Å². The molecule has 2 heteroatoms. The van der Waals surface area contributed by atoms with Gasteiger partial charge in [-0.15, -0.1) is 23.2 Å². The van der Waals surface area contributed by atoms with Crippen molar-refractivity contribution in [1.82, 2.24) is 0 Å². The maximum Gasteiger partial charge on any atom is 0.118 e. The maximum absolute atomic E-state index is 6.06. The van der Waals surface area contributed by atoms with Crippen LogP contribution >= 0.6 is 23.2 Å². The Morgan fingerprint density at radius 2 is 1.27 bits per heavy atom. The van der Waals surface area contributed by atoms with E-state index in [1.807, 2.05) is 0 Å². The molecule has 0 aromatic carbocycles. The lowest BCUT2D eigenvalue weighted by Gasteiger charge is -2.18. The molecule has 0 aliphatic carbocycles. The predicted molar refractivity (Wildman–Crippen MR) is 53.5 cm³/mol. The molecular weight excluding hydrogens is 179 g/mol. The fraction of sp³-hybridized carbons (Fsp3) is 1.00. The first-order chi connectivity index (χ1) is 5.12. The number of alkyl halides is 2. The van der Waals surface area contributed by atoms with Crippen molar-refractivity contribution in [2.75, 3.05) is 0 Å². The van der Waals surface area contributed by atoms with Gasteiger partial charge in [-0.05, 0) is 12.8 Å². The van der Waals surface area contributed by atoms with Gasteiger partial charge in [0.15, 0.2) is 0 Å². The molecule has 0 rings (SSSR count). The highest BCUT2D eigenvalue weighted by molar-refractivity contribution is 6.48. The topological polar surface area (TPSA) is 0 Å². The molecule has 0 bridgehead atoms. The molecular formula is C9H18Cl2. The van der Waals surface area contributed by atoms with Crippen LogP contribution in [0.5, 0.6) is 0 Å². The van der Waals surface area contributed by atoms with Crippen LogP contribution in [0.3, 0.4) is 0 Å². The quantitative estimate of drug-likeness (QED) is 0.548. The molecule has 0 aliphatic heterocycles. The first kappa shape index (κ1) is 11.6. The summed E-state index contributed by atoms with van der Waals surface area (Å²) in [6, 6.07) is 0. The molecule has 0 aromatic heterocycles. The second-order valence-electron chi connectivity index (χ2n) is 3.06. The van der Waals surface area contributed by atoms with Gasteiger partial charge in [-0.1, -0.05) is 39.5 Å². The summed E-state index contributed by atoms with van der Waals surface area (Å²) < 4.78 is -0.452. The van der Waals surface area contributed by atoms with Crippen LogP contribution in [0.2, 0.25) is 0 Å². The van der Waals surface area contributed by atoms with E-state index in [1.54, 1.807) is 0 Å². The molecule has 0 aliphatic rings. The van der Waals surface area contributed by atoms with Crippen LogP contribution in [0.4, 0.5) is 0 Å². The lowest BCUT2D eigenvalue weighted by molar-refractivity contribution is 0.569. The Morgan fingerprint density at radius 3 is 1.55 bits per heavy atom. The van der Waals surface area contributed by atoms with E-state index in [-0.39, 0.29) is 0 Å². The van der Waals surface area contributed by atoms with E-state index in [1.165, 1.54) is 12.8 Å². The van der Waals surface area contributed by atoms with Gasteiger partial charge in [-0.25, -0.2) is 0 Å². The Labute approximate surface area is 80.3 Å². The number of unbranched alkanes of at least 4 members (excludes halogenated alkanes) is 2. The third kappa shape index (κ3) is 6.96. The Bertz CT molecular complexity index is 79.6. The zero-order valence-corrected chi connectivity index (χ0v) is 9.01. The summed E-state index contributed by atoms with van der Waals surface area (Å²) in [7, 11) is 0. The first-order valence-electron chi connectivity index (χ1n) is 4.50. The molecule has 0 radical (unpaired) electrons. The normalized spacial score (nSPS) is 12.0. The molecule has 0 atom stereocenters. The minimum Gasteiger partial charge on any atom is -0.102 e. The Kier molecular flexibility index (Phi) is 6.46. The van der Waals surface area contributed by atoms with Crippen LogP contribution in [0.25, 0.3) is 0 Å². The fourth-order valence-corrected chi connectivity index (χ4v) is 1.53.